The van der Waals surface area contributed by atoms with Crippen LogP contribution in [0.3, 0.4) is 0 Å². The first kappa shape index (κ1) is 22.2. The zero-order valence-corrected chi connectivity index (χ0v) is 19.3. The van der Waals surface area contributed by atoms with Gasteiger partial charge in [-0.3, -0.25) is 4.79 Å². The number of carbonyl (C=O) groups excluding carboxylic acids is 1. The van der Waals surface area contributed by atoms with E-state index in [0.29, 0.717) is 10.8 Å². The average molecular weight is 440 g/mol. The molecule has 30 heavy (non-hydrogen) atoms. The molecule has 3 aromatic rings. The summed E-state index contributed by atoms with van der Waals surface area (Å²) < 4.78 is 2.21. The van der Waals surface area contributed by atoms with Crippen LogP contribution in [0.2, 0.25) is 5.02 Å². The number of amides is 1. The number of benzene rings is 2. The van der Waals surface area contributed by atoms with Gasteiger partial charge < -0.3 is 4.57 Å². The van der Waals surface area contributed by atoms with Gasteiger partial charge in [-0.05, 0) is 74.7 Å². The second-order valence-electron chi connectivity index (χ2n) is 7.42. The number of hydrogen-bond donors (Lipinski definition) is 1. The van der Waals surface area contributed by atoms with E-state index < -0.39 is 0 Å². The molecule has 0 atom stereocenters. The number of aryl methyl sites for hydroxylation is 3. The molecule has 1 N–H and O–H groups in total. The third-order valence-corrected chi connectivity index (χ3v) is 5.96. The van der Waals surface area contributed by atoms with Crippen LogP contribution in [0.4, 0.5) is 0 Å². The quantitative estimate of drug-likeness (QED) is 0.376. The number of aromatic nitrogens is 1. The fraction of sp³-hybridized carbons (Fsp3) is 0.250. The van der Waals surface area contributed by atoms with E-state index in [0.717, 1.165) is 34.0 Å². The van der Waals surface area contributed by atoms with E-state index in [1.165, 1.54) is 22.9 Å². The Balaban J connectivity index is 1.59. The van der Waals surface area contributed by atoms with Gasteiger partial charge in [-0.2, -0.15) is 5.10 Å². The number of nitrogens with one attached hydrogen (secondary N) is 1. The number of nitrogens with zero attached hydrogens (tertiary/aromatic N) is 2. The minimum Gasteiger partial charge on any atom is -0.318 e. The van der Waals surface area contributed by atoms with E-state index in [4.69, 9.17) is 11.6 Å². The summed E-state index contributed by atoms with van der Waals surface area (Å²) in [5.41, 5.74) is 10.5. The van der Waals surface area contributed by atoms with Gasteiger partial charge in [0.05, 0.1) is 12.0 Å². The Morgan fingerprint density at radius 1 is 1.10 bits per heavy atom. The molecule has 1 heterocycles. The Hall–Kier alpha value is -2.50. The van der Waals surface area contributed by atoms with Gasteiger partial charge >= 0.3 is 0 Å². The molecule has 1 amide bonds. The van der Waals surface area contributed by atoms with Crippen molar-refractivity contribution >= 4 is 35.5 Å². The predicted molar refractivity (Wildman–Crippen MR) is 128 cm³/mol. The van der Waals surface area contributed by atoms with Crippen molar-refractivity contribution in [3.63, 3.8) is 0 Å². The summed E-state index contributed by atoms with van der Waals surface area (Å²) in [6.07, 6.45) is 1.71. The zero-order chi connectivity index (χ0) is 21.7. The normalized spacial score (nSPS) is 11.2. The molecule has 6 heteroatoms. The fourth-order valence-corrected chi connectivity index (χ4v) is 4.47. The van der Waals surface area contributed by atoms with Crippen LogP contribution in [0.25, 0.3) is 5.69 Å². The molecule has 0 fully saturated rings. The molecule has 0 radical (unpaired) electrons. The summed E-state index contributed by atoms with van der Waals surface area (Å²) in [5, 5.41) is 4.86. The lowest BCUT2D eigenvalue weighted by Gasteiger charge is -2.11. The molecule has 0 saturated heterocycles. The largest absolute Gasteiger partial charge is 0.318 e. The maximum absolute atomic E-state index is 12.1. The molecule has 0 unspecified atom stereocenters. The number of hydrogen-bond acceptors (Lipinski definition) is 3. The highest BCUT2D eigenvalue weighted by atomic mass is 35.5. The van der Waals surface area contributed by atoms with Crippen molar-refractivity contribution < 1.29 is 4.79 Å². The van der Waals surface area contributed by atoms with Crippen LogP contribution in [0.5, 0.6) is 0 Å². The lowest BCUT2D eigenvalue weighted by molar-refractivity contribution is -0.118. The van der Waals surface area contributed by atoms with Crippen LogP contribution >= 0.6 is 23.4 Å². The highest BCUT2D eigenvalue weighted by Gasteiger charge is 2.10. The summed E-state index contributed by atoms with van der Waals surface area (Å²) in [5.74, 6) is 0.946. The van der Waals surface area contributed by atoms with E-state index in [2.05, 4.69) is 67.1 Å². The molecular formula is C24H26ClN3OS. The van der Waals surface area contributed by atoms with Gasteiger partial charge in [-0.25, -0.2) is 5.43 Å². The Bertz CT molecular complexity index is 1070. The van der Waals surface area contributed by atoms with Crippen molar-refractivity contribution in [3.8, 4) is 5.69 Å². The number of carbonyl (C=O) groups is 1. The molecule has 156 valence electrons. The lowest BCUT2D eigenvalue weighted by atomic mass is 10.1. The first-order valence-electron chi connectivity index (χ1n) is 9.75. The molecule has 4 nitrogen and oxygen atoms in total. The molecule has 0 aliphatic rings. The maximum Gasteiger partial charge on any atom is 0.250 e. The van der Waals surface area contributed by atoms with Crippen molar-refractivity contribution in [2.24, 2.45) is 5.10 Å². The summed E-state index contributed by atoms with van der Waals surface area (Å²) in [6, 6.07) is 16.3. The third-order valence-electron chi connectivity index (χ3n) is 4.72. The second-order valence-corrected chi connectivity index (χ2v) is 8.85. The summed E-state index contributed by atoms with van der Waals surface area (Å²) >= 11 is 7.51. The molecule has 0 aliphatic heterocycles. The Labute approximate surface area is 187 Å². The molecular weight excluding hydrogens is 414 g/mol. The Kier molecular flexibility index (Phi) is 7.40. The maximum atomic E-state index is 12.1. The summed E-state index contributed by atoms with van der Waals surface area (Å²) in [4.78, 5) is 12.1. The topological polar surface area (TPSA) is 46.4 Å². The number of rotatable bonds is 7. The van der Waals surface area contributed by atoms with Gasteiger partial charge in [0.1, 0.15) is 0 Å². The van der Waals surface area contributed by atoms with E-state index in [1.807, 2.05) is 24.3 Å². The van der Waals surface area contributed by atoms with Crippen molar-refractivity contribution in [3.05, 3.63) is 87.2 Å². The molecule has 0 bridgehead atoms. The van der Waals surface area contributed by atoms with Gasteiger partial charge in [0.25, 0.3) is 0 Å². The number of halogens is 1. The smallest absolute Gasteiger partial charge is 0.250 e. The standard InChI is InChI=1S/C24H26ClN3OS/c1-16-8-17(2)10-23(9-16)28-18(3)11-21(19(28)4)13-26-27-24(29)15-30-14-20-6-5-7-22(25)12-20/h5-13H,14-15H2,1-4H3,(H,27,29)/b26-13+. The average Bonchev–Trinajstić information content (AvgIpc) is 2.94. The van der Waals surface area contributed by atoms with Crippen molar-refractivity contribution in [1.82, 2.24) is 9.99 Å². The van der Waals surface area contributed by atoms with Crippen LogP contribution in [0.1, 0.15) is 33.6 Å². The molecule has 0 saturated carbocycles. The molecule has 3 rings (SSSR count). The van der Waals surface area contributed by atoms with E-state index in [1.54, 1.807) is 6.21 Å². The molecule has 0 aliphatic carbocycles. The second kappa shape index (κ2) is 10.0. The fourth-order valence-electron chi connectivity index (χ4n) is 3.49. The predicted octanol–water partition coefficient (Wildman–Crippen LogP) is 5.75. The van der Waals surface area contributed by atoms with Crippen LogP contribution in [0.15, 0.2) is 53.6 Å². The summed E-state index contributed by atoms with van der Waals surface area (Å²) in [6.45, 7) is 8.35. The van der Waals surface area contributed by atoms with Crippen LogP contribution in [-0.4, -0.2) is 22.4 Å². The van der Waals surface area contributed by atoms with E-state index >= 15 is 0 Å². The zero-order valence-electron chi connectivity index (χ0n) is 17.7. The van der Waals surface area contributed by atoms with Crippen LogP contribution < -0.4 is 5.43 Å². The molecule has 0 spiro atoms. The first-order chi connectivity index (χ1) is 14.3. The highest BCUT2D eigenvalue weighted by Crippen LogP contribution is 2.22. The van der Waals surface area contributed by atoms with Crippen molar-refractivity contribution in [2.75, 3.05) is 5.75 Å². The Morgan fingerprint density at radius 2 is 1.83 bits per heavy atom. The first-order valence-corrected chi connectivity index (χ1v) is 11.3. The van der Waals surface area contributed by atoms with E-state index in [9.17, 15) is 4.79 Å². The number of thioether (sulfide) groups is 1. The van der Waals surface area contributed by atoms with Crippen LogP contribution in [-0.2, 0) is 10.5 Å². The monoisotopic (exact) mass is 439 g/mol. The minimum atomic E-state index is -0.124. The van der Waals surface area contributed by atoms with Crippen LogP contribution in [0, 0.1) is 27.7 Å². The lowest BCUT2D eigenvalue weighted by Crippen LogP contribution is -2.19. The van der Waals surface area contributed by atoms with Gasteiger partial charge in [-0.1, -0.05) is 29.8 Å². The van der Waals surface area contributed by atoms with E-state index in [-0.39, 0.29) is 5.91 Å². The van der Waals surface area contributed by atoms with Gasteiger partial charge in [0.2, 0.25) is 5.91 Å². The summed E-state index contributed by atoms with van der Waals surface area (Å²) in [7, 11) is 0. The molecule has 2 aromatic carbocycles. The highest BCUT2D eigenvalue weighted by molar-refractivity contribution is 7.99. The molecule has 1 aromatic heterocycles. The number of hydrazone groups is 1. The minimum absolute atomic E-state index is 0.124. The van der Waals surface area contributed by atoms with Crippen molar-refractivity contribution in [1.29, 1.82) is 0 Å². The third kappa shape index (κ3) is 5.77. The van der Waals surface area contributed by atoms with Gasteiger partial charge in [0, 0.05) is 33.4 Å². The SMILES string of the molecule is Cc1cc(C)cc(-n2c(C)cc(/C=N/NC(=O)CSCc3cccc(Cl)c3)c2C)c1. The van der Waals surface area contributed by atoms with Gasteiger partial charge in [-0.15, -0.1) is 11.8 Å². The van der Waals surface area contributed by atoms with Crippen molar-refractivity contribution in [2.45, 2.75) is 33.4 Å². The Morgan fingerprint density at radius 3 is 2.53 bits per heavy atom. The van der Waals surface area contributed by atoms with Gasteiger partial charge in [0.15, 0.2) is 0 Å².